The number of rotatable bonds is 3. The summed E-state index contributed by atoms with van der Waals surface area (Å²) < 4.78 is 0. The van der Waals surface area contributed by atoms with Crippen molar-refractivity contribution < 1.29 is 9.59 Å². The van der Waals surface area contributed by atoms with Crippen LogP contribution in [0.1, 0.15) is 37.7 Å². The van der Waals surface area contributed by atoms with Crippen LogP contribution in [0.15, 0.2) is 24.3 Å². The average molecular weight is 326 g/mol. The molecule has 2 amide bonds. The number of hydrogen-bond acceptors (Lipinski definition) is 4. The van der Waals surface area contributed by atoms with Gasteiger partial charge in [-0.2, -0.15) is 5.26 Å². The summed E-state index contributed by atoms with van der Waals surface area (Å²) >= 11 is 0. The van der Waals surface area contributed by atoms with Gasteiger partial charge in [0.25, 0.3) is 0 Å². The van der Waals surface area contributed by atoms with Crippen molar-refractivity contribution in [3.05, 3.63) is 29.8 Å². The van der Waals surface area contributed by atoms with Crippen LogP contribution in [0.2, 0.25) is 0 Å². The minimum atomic E-state index is -0.690. The quantitative estimate of drug-likeness (QED) is 0.827. The van der Waals surface area contributed by atoms with Gasteiger partial charge in [0.05, 0.1) is 11.6 Å². The molecule has 1 aromatic rings. The highest BCUT2D eigenvalue weighted by Crippen LogP contribution is 2.26. The lowest BCUT2D eigenvalue weighted by Crippen LogP contribution is -2.43. The highest BCUT2D eigenvalue weighted by Gasteiger charge is 2.31. The Morgan fingerprint density at radius 3 is 2.71 bits per heavy atom. The van der Waals surface area contributed by atoms with Gasteiger partial charge in [-0.15, -0.1) is 0 Å². The normalized spacial score (nSPS) is 21.4. The summed E-state index contributed by atoms with van der Waals surface area (Å²) in [7, 11) is 0. The molecule has 6 heteroatoms. The molecular weight excluding hydrogens is 304 g/mol. The SMILES string of the molecule is N#Cc1cccc(NC(=O)C(=O)NC2CCN(C3CCCC3)C2)c1. The van der Waals surface area contributed by atoms with Crippen molar-refractivity contribution in [3.8, 4) is 6.07 Å². The van der Waals surface area contributed by atoms with Crippen LogP contribution in [0, 0.1) is 11.3 Å². The number of carbonyl (C=O) groups excluding carboxylic acids is 2. The van der Waals surface area contributed by atoms with E-state index in [1.165, 1.54) is 25.7 Å². The van der Waals surface area contributed by atoms with Crippen LogP contribution in [0.4, 0.5) is 5.69 Å². The van der Waals surface area contributed by atoms with Crippen LogP contribution < -0.4 is 10.6 Å². The Morgan fingerprint density at radius 2 is 1.96 bits per heavy atom. The second-order valence-corrected chi connectivity index (χ2v) is 6.54. The van der Waals surface area contributed by atoms with Crippen LogP contribution in [-0.2, 0) is 9.59 Å². The first-order chi connectivity index (χ1) is 11.7. The van der Waals surface area contributed by atoms with Crippen molar-refractivity contribution in [1.82, 2.24) is 10.2 Å². The van der Waals surface area contributed by atoms with Gasteiger partial charge in [0.1, 0.15) is 0 Å². The van der Waals surface area contributed by atoms with E-state index in [1.54, 1.807) is 24.3 Å². The summed E-state index contributed by atoms with van der Waals surface area (Å²) in [6.07, 6.45) is 5.97. The fraction of sp³-hybridized carbons (Fsp3) is 0.500. The molecule has 1 aliphatic carbocycles. The van der Waals surface area contributed by atoms with Crippen molar-refractivity contribution in [3.63, 3.8) is 0 Å². The molecule has 1 unspecified atom stereocenters. The van der Waals surface area contributed by atoms with E-state index in [0.29, 0.717) is 17.3 Å². The largest absolute Gasteiger partial charge is 0.344 e. The van der Waals surface area contributed by atoms with E-state index in [9.17, 15) is 9.59 Å². The summed E-state index contributed by atoms with van der Waals surface area (Å²) in [5, 5.41) is 14.2. The molecular formula is C18H22N4O2. The van der Waals surface area contributed by atoms with E-state index in [0.717, 1.165) is 19.5 Å². The molecule has 1 saturated heterocycles. The number of benzene rings is 1. The van der Waals surface area contributed by atoms with E-state index < -0.39 is 11.8 Å². The molecule has 3 rings (SSSR count). The molecule has 1 aromatic carbocycles. The van der Waals surface area contributed by atoms with Crippen molar-refractivity contribution in [2.24, 2.45) is 0 Å². The van der Waals surface area contributed by atoms with Crippen LogP contribution in [0.3, 0.4) is 0 Å². The molecule has 0 spiro atoms. The van der Waals surface area contributed by atoms with Crippen molar-refractivity contribution in [2.45, 2.75) is 44.2 Å². The molecule has 24 heavy (non-hydrogen) atoms. The smallest absolute Gasteiger partial charge is 0.313 e. The number of likely N-dealkylation sites (tertiary alicyclic amines) is 1. The van der Waals surface area contributed by atoms with Gasteiger partial charge in [0.15, 0.2) is 0 Å². The van der Waals surface area contributed by atoms with E-state index >= 15 is 0 Å². The lowest BCUT2D eigenvalue weighted by atomic mass is 10.2. The number of amides is 2. The van der Waals surface area contributed by atoms with E-state index in [2.05, 4.69) is 15.5 Å². The first kappa shape index (κ1) is 16.5. The first-order valence-electron chi connectivity index (χ1n) is 8.52. The monoisotopic (exact) mass is 326 g/mol. The van der Waals surface area contributed by atoms with Gasteiger partial charge in [0, 0.05) is 30.9 Å². The van der Waals surface area contributed by atoms with Gasteiger partial charge in [-0.1, -0.05) is 18.9 Å². The van der Waals surface area contributed by atoms with Crippen LogP contribution in [0.25, 0.3) is 0 Å². The second kappa shape index (κ2) is 7.45. The number of nitriles is 1. The molecule has 1 atom stereocenters. The van der Waals surface area contributed by atoms with Gasteiger partial charge in [0.2, 0.25) is 0 Å². The third-order valence-corrected chi connectivity index (χ3v) is 4.85. The highest BCUT2D eigenvalue weighted by molar-refractivity contribution is 6.39. The van der Waals surface area contributed by atoms with Crippen molar-refractivity contribution in [1.29, 1.82) is 5.26 Å². The fourth-order valence-electron chi connectivity index (χ4n) is 3.61. The van der Waals surface area contributed by atoms with Crippen LogP contribution in [-0.4, -0.2) is 41.9 Å². The van der Waals surface area contributed by atoms with Crippen molar-refractivity contribution >= 4 is 17.5 Å². The van der Waals surface area contributed by atoms with Gasteiger partial charge in [-0.25, -0.2) is 0 Å². The molecule has 6 nitrogen and oxygen atoms in total. The molecule has 126 valence electrons. The van der Waals surface area contributed by atoms with Crippen LogP contribution >= 0.6 is 0 Å². The third kappa shape index (κ3) is 3.92. The number of nitrogens with one attached hydrogen (secondary N) is 2. The standard InChI is InChI=1S/C18H22N4O2/c19-11-13-4-3-5-14(10-13)20-17(23)18(24)21-15-8-9-22(12-15)16-6-1-2-7-16/h3-5,10,15-16H,1-2,6-9,12H2,(H,20,23)(H,21,24). The van der Waals surface area contributed by atoms with Crippen molar-refractivity contribution in [2.75, 3.05) is 18.4 Å². The maximum absolute atomic E-state index is 12.1. The molecule has 0 aromatic heterocycles. The topological polar surface area (TPSA) is 85.2 Å². The lowest BCUT2D eigenvalue weighted by molar-refractivity contribution is -0.136. The van der Waals surface area contributed by atoms with Gasteiger partial charge >= 0.3 is 11.8 Å². The molecule has 2 aliphatic rings. The Bertz CT molecular complexity index is 661. The van der Waals surface area contributed by atoms with E-state index in [-0.39, 0.29) is 6.04 Å². The minimum absolute atomic E-state index is 0.0364. The Hall–Kier alpha value is -2.39. The molecule has 1 aliphatic heterocycles. The molecule has 0 radical (unpaired) electrons. The summed E-state index contributed by atoms with van der Waals surface area (Å²) in [6, 6.07) is 9.20. The summed E-state index contributed by atoms with van der Waals surface area (Å²) in [5.41, 5.74) is 0.893. The third-order valence-electron chi connectivity index (χ3n) is 4.85. The summed E-state index contributed by atoms with van der Waals surface area (Å²) in [4.78, 5) is 26.5. The number of anilines is 1. The molecule has 0 bridgehead atoms. The molecule has 2 fully saturated rings. The minimum Gasteiger partial charge on any atom is -0.344 e. The summed E-state index contributed by atoms with van der Waals surface area (Å²) in [5.74, 6) is -1.31. The highest BCUT2D eigenvalue weighted by atomic mass is 16.2. The van der Waals surface area contributed by atoms with E-state index in [4.69, 9.17) is 5.26 Å². The molecule has 2 N–H and O–H groups in total. The Labute approximate surface area is 141 Å². The zero-order valence-corrected chi connectivity index (χ0v) is 13.6. The zero-order chi connectivity index (χ0) is 16.9. The summed E-state index contributed by atoms with van der Waals surface area (Å²) in [6.45, 7) is 1.81. The first-order valence-corrected chi connectivity index (χ1v) is 8.52. The van der Waals surface area contributed by atoms with Gasteiger partial charge < -0.3 is 10.6 Å². The lowest BCUT2D eigenvalue weighted by Gasteiger charge is -2.23. The average Bonchev–Trinajstić information content (AvgIpc) is 3.26. The predicted molar refractivity (Wildman–Crippen MR) is 90.2 cm³/mol. The zero-order valence-electron chi connectivity index (χ0n) is 13.6. The Morgan fingerprint density at radius 1 is 1.17 bits per heavy atom. The fourth-order valence-corrected chi connectivity index (χ4v) is 3.61. The Balaban J connectivity index is 1.49. The Kier molecular flexibility index (Phi) is 5.11. The van der Waals surface area contributed by atoms with Gasteiger partial charge in [-0.3, -0.25) is 14.5 Å². The maximum atomic E-state index is 12.1. The number of hydrogen-bond donors (Lipinski definition) is 2. The van der Waals surface area contributed by atoms with Gasteiger partial charge in [-0.05, 0) is 37.5 Å². The van der Waals surface area contributed by atoms with E-state index in [1.807, 2.05) is 6.07 Å². The maximum Gasteiger partial charge on any atom is 0.313 e. The molecule has 1 heterocycles. The van der Waals surface area contributed by atoms with Crippen LogP contribution in [0.5, 0.6) is 0 Å². The molecule has 1 saturated carbocycles. The number of carbonyl (C=O) groups is 2. The predicted octanol–water partition coefficient (Wildman–Crippen LogP) is 1.63. The second-order valence-electron chi connectivity index (χ2n) is 6.54. The number of nitrogens with zero attached hydrogens (tertiary/aromatic N) is 2.